The lowest BCUT2D eigenvalue weighted by atomic mass is 9.95. The number of hydrogen-bond donors (Lipinski definition) is 1. The zero-order chi connectivity index (χ0) is 10.8. The Kier molecular flexibility index (Phi) is 2.81. The van der Waals surface area contributed by atoms with Gasteiger partial charge in [0.25, 0.3) is 0 Å². The molecule has 2 N–H and O–H groups in total. The largest absolute Gasteiger partial charge is 0.398 e. The fourth-order valence-electron chi connectivity index (χ4n) is 2.47. The molecule has 1 aromatic carbocycles. The normalized spacial score (nSPS) is 13.9. The van der Waals surface area contributed by atoms with E-state index in [-0.39, 0.29) is 0 Å². The van der Waals surface area contributed by atoms with Gasteiger partial charge in [-0.3, -0.25) is 0 Å². The van der Waals surface area contributed by atoms with E-state index in [9.17, 15) is 0 Å². The Hall–Kier alpha value is -1.24. The smallest absolute Gasteiger partial charge is 0.0381 e. The summed E-state index contributed by atoms with van der Waals surface area (Å²) in [5.41, 5.74) is 12.8. The minimum atomic E-state index is 1.04. The molecule has 0 bridgehead atoms. The summed E-state index contributed by atoms with van der Waals surface area (Å²) in [7, 11) is 0. The molecular formula is C14H19N. The molecule has 0 amide bonds. The van der Waals surface area contributed by atoms with E-state index in [1.807, 2.05) is 6.08 Å². The van der Waals surface area contributed by atoms with E-state index in [0.29, 0.717) is 0 Å². The predicted octanol–water partition coefficient (Wildman–Crippen LogP) is 3.18. The maximum absolute atomic E-state index is 6.18. The van der Waals surface area contributed by atoms with Gasteiger partial charge in [0, 0.05) is 5.69 Å². The highest BCUT2D eigenvalue weighted by atomic mass is 14.6. The molecule has 80 valence electrons. The number of nitrogen functional groups attached to an aromatic ring is 1. The average Bonchev–Trinajstić information content (AvgIpc) is 2.69. The molecule has 0 aromatic heterocycles. The van der Waals surface area contributed by atoms with E-state index >= 15 is 0 Å². The number of allylic oxidation sites excluding steroid dienone is 1. The van der Waals surface area contributed by atoms with Gasteiger partial charge >= 0.3 is 0 Å². The summed E-state index contributed by atoms with van der Waals surface area (Å²) in [5, 5.41) is 0. The standard InChI is InChI=1S/C14H19N/c1-3-4-6-11-9-12-7-5-8-13(12)14(15)10(11)2/h3,9H,1,4-8,15H2,2H3. The quantitative estimate of drug-likeness (QED) is 0.590. The number of anilines is 1. The Balaban J connectivity index is 2.39. The third-order valence-corrected chi connectivity index (χ3v) is 3.44. The van der Waals surface area contributed by atoms with Crippen LogP contribution in [0.3, 0.4) is 0 Å². The Morgan fingerprint density at radius 2 is 2.27 bits per heavy atom. The lowest BCUT2D eigenvalue weighted by Crippen LogP contribution is -2.01. The lowest BCUT2D eigenvalue weighted by molar-refractivity contribution is 0.911. The van der Waals surface area contributed by atoms with Crippen molar-refractivity contribution in [1.29, 1.82) is 0 Å². The van der Waals surface area contributed by atoms with Crippen LogP contribution in [0.25, 0.3) is 0 Å². The van der Waals surface area contributed by atoms with Crippen molar-refractivity contribution in [2.24, 2.45) is 0 Å². The summed E-state index contributed by atoms with van der Waals surface area (Å²) in [6.07, 6.45) is 7.74. The molecule has 0 saturated heterocycles. The number of nitrogens with two attached hydrogens (primary N) is 1. The zero-order valence-electron chi connectivity index (χ0n) is 9.47. The second-order valence-corrected chi connectivity index (χ2v) is 4.39. The highest BCUT2D eigenvalue weighted by molar-refractivity contribution is 5.61. The first-order valence-corrected chi connectivity index (χ1v) is 5.74. The molecule has 0 aliphatic heterocycles. The average molecular weight is 201 g/mol. The minimum Gasteiger partial charge on any atom is -0.398 e. The van der Waals surface area contributed by atoms with E-state index in [2.05, 4.69) is 19.6 Å². The lowest BCUT2D eigenvalue weighted by Gasteiger charge is -2.13. The van der Waals surface area contributed by atoms with Crippen molar-refractivity contribution in [2.75, 3.05) is 5.73 Å². The Bertz CT molecular complexity index is 391. The molecule has 1 aliphatic carbocycles. The molecule has 0 spiro atoms. The summed E-state index contributed by atoms with van der Waals surface area (Å²) in [6, 6.07) is 2.36. The van der Waals surface area contributed by atoms with Gasteiger partial charge in [-0.2, -0.15) is 0 Å². The van der Waals surface area contributed by atoms with E-state index in [0.717, 1.165) is 18.5 Å². The maximum atomic E-state index is 6.18. The molecule has 0 fully saturated rings. The van der Waals surface area contributed by atoms with Crippen LogP contribution in [0.5, 0.6) is 0 Å². The van der Waals surface area contributed by atoms with Crippen molar-refractivity contribution in [3.05, 3.63) is 41.0 Å². The van der Waals surface area contributed by atoms with Crippen LogP contribution in [0.4, 0.5) is 5.69 Å². The van der Waals surface area contributed by atoms with Gasteiger partial charge in [0.1, 0.15) is 0 Å². The van der Waals surface area contributed by atoms with Crippen LogP contribution >= 0.6 is 0 Å². The summed E-state index contributed by atoms with van der Waals surface area (Å²) in [5.74, 6) is 0. The maximum Gasteiger partial charge on any atom is 0.0381 e. The molecule has 0 radical (unpaired) electrons. The summed E-state index contributed by atoms with van der Waals surface area (Å²) < 4.78 is 0. The van der Waals surface area contributed by atoms with E-state index < -0.39 is 0 Å². The summed E-state index contributed by atoms with van der Waals surface area (Å²) in [6.45, 7) is 5.91. The van der Waals surface area contributed by atoms with Gasteiger partial charge in [0.2, 0.25) is 0 Å². The van der Waals surface area contributed by atoms with E-state index in [1.165, 1.54) is 41.5 Å². The van der Waals surface area contributed by atoms with Crippen molar-refractivity contribution < 1.29 is 0 Å². The van der Waals surface area contributed by atoms with E-state index in [4.69, 9.17) is 5.73 Å². The SMILES string of the molecule is C=CCCc1cc2c(c(N)c1C)CCC2. The van der Waals surface area contributed by atoms with Crippen LogP contribution in [0.15, 0.2) is 18.7 Å². The highest BCUT2D eigenvalue weighted by Crippen LogP contribution is 2.32. The monoisotopic (exact) mass is 201 g/mol. The Labute approximate surface area is 92.0 Å². The molecule has 0 saturated carbocycles. The van der Waals surface area contributed by atoms with Crippen LogP contribution in [-0.4, -0.2) is 0 Å². The van der Waals surface area contributed by atoms with Gasteiger partial charge in [-0.15, -0.1) is 6.58 Å². The van der Waals surface area contributed by atoms with E-state index in [1.54, 1.807) is 0 Å². The minimum absolute atomic E-state index is 1.04. The third-order valence-electron chi connectivity index (χ3n) is 3.44. The van der Waals surface area contributed by atoms with Crippen molar-refractivity contribution >= 4 is 5.69 Å². The predicted molar refractivity (Wildman–Crippen MR) is 66.1 cm³/mol. The van der Waals surface area contributed by atoms with Gasteiger partial charge in [-0.1, -0.05) is 12.1 Å². The van der Waals surface area contributed by atoms with Crippen LogP contribution in [-0.2, 0) is 19.3 Å². The van der Waals surface area contributed by atoms with Crippen molar-refractivity contribution in [3.8, 4) is 0 Å². The fourth-order valence-corrected chi connectivity index (χ4v) is 2.47. The molecule has 15 heavy (non-hydrogen) atoms. The number of hydrogen-bond acceptors (Lipinski definition) is 1. The summed E-state index contributed by atoms with van der Waals surface area (Å²) in [4.78, 5) is 0. The van der Waals surface area contributed by atoms with Gasteiger partial charge in [0.15, 0.2) is 0 Å². The van der Waals surface area contributed by atoms with Crippen LogP contribution < -0.4 is 5.73 Å². The fraction of sp³-hybridized carbons (Fsp3) is 0.429. The Morgan fingerprint density at radius 3 is 3.00 bits per heavy atom. The number of aryl methyl sites for hydroxylation is 2. The number of benzene rings is 1. The first kappa shape index (κ1) is 10.3. The molecule has 0 heterocycles. The molecule has 2 rings (SSSR count). The summed E-state index contributed by atoms with van der Waals surface area (Å²) >= 11 is 0. The molecular weight excluding hydrogens is 182 g/mol. The first-order chi connectivity index (χ1) is 7.24. The van der Waals surface area contributed by atoms with Crippen molar-refractivity contribution in [3.63, 3.8) is 0 Å². The van der Waals surface area contributed by atoms with Crippen LogP contribution in [0.1, 0.15) is 35.1 Å². The van der Waals surface area contributed by atoms with Gasteiger partial charge in [-0.05, 0) is 61.3 Å². The Morgan fingerprint density at radius 1 is 1.47 bits per heavy atom. The molecule has 0 atom stereocenters. The van der Waals surface area contributed by atoms with Crippen molar-refractivity contribution in [2.45, 2.75) is 39.0 Å². The zero-order valence-corrected chi connectivity index (χ0v) is 9.47. The van der Waals surface area contributed by atoms with Gasteiger partial charge in [0.05, 0.1) is 0 Å². The van der Waals surface area contributed by atoms with Crippen molar-refractivity contribution in [1.82, 2.24) is 0 Å². The first-order valence-electron chi connectivity index (χ1n) is 5.74. The van der Waals surface area contributed by atoms with Gasteiger partial charge < -0.3 is 5.73 Å². The second-order valence-electron chi connectivity index (χ2n) is 4.39. The third kappa shape index (κ3) is 1.79. The van der Waals surface area contributed by atoms with Crippen LogP contribution in [0, 0.1) is 6.92 Å². The molecule has 0 unspecified atom stereocenters. The highest BCUT2D eigenvalue weighted by Gasteiger charge is 2.17. The van der Waals surface area contributed by atoms with Crippen LogP contribution in [0.2, 0.25) is 0 Å². The molecule has 1 aliphatic rings. The second kappa shape index (κ2) is 4.09. The molecule has 1 aromatic rings. The number of fused-ring (bicyclic) bond motifs is 1. The van der Waals surface area contributed by atoms with Gasteiger partial charge in [-0.25, -0.2) is 0 Å². The topological polar surface area (TPSA) is 26.0 Å². The number of rotatable bonds is 3. The molecule has 1 nitrogen and oxygen atoms in total. The molecule has 1 heteroatoms.